The van der Waals surface area contributed by atoms with Crippen molar-refractivity contribution in [3.8, 4) is 11.5 Å². The zero-order valence-corrected chi connectivity index (χ0v) is 13.7. The molecule has 0 amide bonds. The Morgan fingerprint density at radius 3 is 2.52 bits per heavy atom. The van der Waals surface area contributed by atoms with Crippen LogP contribution in [-0.2, 0) is 9.47 Å². The largest absolute Gasteiger partial charge is 0.454 e. The van der Waals surface area contributed by atoms with Gasteiger partial charge in [0, 0.05) is 4.92 Å². The van der Waals surface area contributed by atoms with Gasteiger partial charge in [0.1, 0.15) is 18.3 Å². The smallest absolute Gasteiger partial charge is 0.250 e. The fraction of sp³-hybridized carbons (Fsp3) is 0.625. The van der Waals surface area contributed by atoms with Crippen LogP contribution < -0.4 is 9.47 Å². The van der Waals surface area contributed by atoms with Crippen LogP contribution >= 0.6 is 0 Å². The number of aliphatic hydroxyl groups excluding tert-OH is 2. The number of ether oxygens (including phenoxy) is 4. The summed E-state index contributed by atoms with van der Waals surface area (Å²) in [6.07, 6.45) is -4.64. The summed E-state index contributed by atoms with van der Waals surface area (Å²) in [6, 6.07) is 3.58. The highest BCUT2D eigenvalue weighted by atomic mass is 16.7. The molecule has 1 saturated heterocycles. The average molecular weight is 353 g/mol. The standard InChI is InChI=1S/C16H19NO8/c1-16(2)24-14-10(7-3-4-8-9(5-7)23-6-22-8)11(17(20)21)12(18)15(25-16)13(14)19/h3-5,10-15,18-19H,6H2,1-2H3/t10-,11-,12-,13-,14-,15+/m1/s1. The molecule has 2 fully saturated rings. The molecule has 0 unspecified atom stereocenters. The van der Waals surface area contributed by atoms with Crippen LogP contribution in [0, 0.1) is 10.1 Å². The number of nitrogens with zero attached hydrogens (tertiary/aromatic N) is 1. The fourth-order valence-electron chi connectivity index (χ4n) is 3.93. The van der Waals surface area contributed by atoms with E-state index in [1.54, 1.807) is 32.0 Å². The summed E-state index contributed by atoms with van der Waals surface area (Å²) in [7, 11) is 0. The number of hydrogen-bond donors (Lipinski definition) is 2. The van der Waals surface area contributed by atoms with Crippen LogP contribution in [0.15, 0.2) is 18.2 Å². The van der Waals surface area contributed by atoms with E-state index >= 15 is 0 Å². The first-order valence-corrected chi connectivity index (χ1v) is 8.03. The van der Waals surface area contributed by atoms with E-state index in [2.05, 4.69) is 0 Å². The lowest BCUT2D eigenvalue weighted by Crippen LogP contribution is -2.69. The SMILES string of the molecule is CC1(C)O[C@@H]2[C@H](O)[C@H](O1)[C@H](c1ccc3c(c1)OCO3)[C@@H]([N+](=O)[O-])[C@H]2O. The molecule has 2 bridgehead atoms. The second-order valence-electron chi connectivity index (χ2n) is 6.96. The summed E-state index contributed by atoms with van der Waals surface area (Å²) in [5.74, 6) is -0.929. The van der Waals surface area contributed by atoms with E-state index in [0.29, 0.717) is 17.1 Å². The molecule has 2 aliphatic heterocycles. The third-order valence-corrected chi connectivity index (χ3v) is 4.95. The molecular weight excluding hydrogens is 334 g/mol. The molecule has 1 saturated carbocycles. The van der Waals surface area contributed by atoms with E-state index < -0.39 is 47.1 Å². The maximum absolute atomic E-state index is 11.7. The molecule has 3 aliphatic rings. The van der Waals surface area contributed by atoms with E-state index in [1.807, 2.05) is 0 Å². The molecule has 136 valence electrons. The van der Waals surface area contributed by atoms with E-state index in [-0.39, 0.29) is 6.79 Å². The Hall–Kier alpha value is -1.94. The molecule has 0 radical (unpaired) electrons. The van der Waals surface area contributed by atoms with Gasteiger partial charge in [-0.3, -0.25) is 10.1 Å². The number of benzene rings is 1. The van der Waals surface area contributed by atoms with Gasteiger partial charge in [0.25, 0.3) is 6.04 Å². The third-order valence-electron chi connectivity index (χ3n) is 4.95. The minimum absolute atomic E-state index is 0.0796. The van der Waals surface area contributed by atoms with Crippen LogP contribution in [0.3, 0.4) is 0 Å². The molecular formula is C16H19NO8. The fourth-order valence-corrected chi connectivity index (χ4v) is 3.93. The molecule has 9 nitrogen and oxygen atoms in total. The van der Waals surface area contributed by atoms with Crippen LogP contribution in [0.25, 0.3) is 0 Å². The lowest BCUT2D eigenvalue weighted by molar-refractivity contribution is -0.559. The van der Waals surface area contributed by atoms with Crippen LogP contribution in [0.4, 0.5) is 0 Å². The van der Waals surface area contributed by atoms with E-state index in [0.717, 1.165) is 0 Å². The quantitative estimate of drug-likeness (QED) is 0.579. The maximum Gasteiger partial charge on any atom is 0.250 e. The number of aliphatic hydroxyl groups is 2. The third kappa shape index (κ3) is 2.54. The van der Waals surface area contributed by atoms with Crippen molar-refractivity contribution >= 4 is 0 Å². The number of fused-ring (bicyclic) bond motifs is 3. The van der Waals surface area contributed by atoms with Crippen molar-refractivity contribution in [2.45, 2.75) is 56.0 Å². The number of rotatable bonds is 2. The summed E-state index contributed by atoms with van der Waals surface area (Å²) >= 11 is 0. The van der Waals surface area contributed by atoms with Crippen LogP contribution in [0.5, 0.6) is 11.5 Å². The Bertz CT molecular complexity index is 707. The van der Waals surface area contributed by atoms with Gasteiger partial charge in [0.05, 0.1) is 5.92 Å². The molecule has 9 heteroatoms. The summed E-state index contributed by atoms with van der Waals surface area (Å²) in [6.45, 7) is 3.37. The van der Waals surface area contributed by atoms with Gasteiger partial charge >= 0.3 is 0 Å². The Morgan fingerprint density at radius 1 is 1.12 bits per heavy atom. The molecule has 2 N–H and O–H groups in total. The minimum Gasteiger partial charge on any atom is -0.454 e. The van der Waals surface area contributed by atoms with Crippen LogP contribution in [0.1, 0.15) is 25.3 Å². The highest BCUT2D eigenvalue weighted by Crippen LogP contribution is 2.46. The van der Waals surface area contributed by atoms with Crippen LogP contribution in [-0.4, -0.2) is 58.2 Å². The first-order valence-electron chi connectivity index (χ1n) is 8.03. The average Bonchev–Trinajstić information content (AvgIpc) is 2.99. The van der Waals surface area contributed by atoms with Gasteiger partial charge in [0.2, 0.25) is 6.79 Å². The zero-order valence-electron chi connectivity index (χ0n) is 13.7. The van der Waals surface area contributed by atoms with E-state index in [4.69, 9.17) is 18.9 Å². The highest BCUT2D eigenvalue weighted by molar-refractivity contribution is 5.46. The first kappa shape index (κ1) is 16.5. The Balaban J connectivity index is 1.80. The summed E-state index contributed by atoms with van der Waals surface area (Å²) in [5.41, 5.74) is 0.533. The van der Waals surface area contributed by atoms with Gasteiger partial charge in [-0.1, -0.05) is 6.07 Å². The lowest BCUT2D eigenvalue weighted by Gasteiger charge is -2.52. The van der Waals surface area contributed by atoms with Crippen molar-refractivity contribution < 1.29 is 34.1 Å². The topological polar surface area (TPSA) is 121 Å². The highest BCUT2D eigenvalue weighted by Gasteiger charge is 2.62. The second kappa shape index (κ2) is 5.53. The Labute approximate surface area is 143 Å². The van der Waals surface area contributed by atoms with Gasteiger partial charge in [-0.05, 0) is 31.5 Å². The van der Waals surface area contributed by atoms with Crippen molar-refractivity contribution in [3.63, 3.8) is 0 Å². The summed E-state index contributed by atoms with van der Waals surface area (Å²) in [5, 5.41) is 32.7. The number of hydrogen-bond acceptors (Lipinski definition) is 8. The van der Waals surface area contributed by atoms with E-state index in [1.165, 1.54) is 0 Å². The summed E-state index contributed by atoms with van der Waals surface area (Å²) < 4.78 is 22.0. The first-order chi connectivity index (χ1) is 11.8. The molecule has 1 aromatic carbocycles. The van der Waals surface area contributed by atoms with Crippen molar-refractivity contribution in [2.24, 2.45) is 0 Å². The van der Waals surface area contributed by atoms with E-state index in [9.17, 15) is 20.3 Å². The maximum atomic E-state index is 11.7. The summed E-state index contributed by atoms with van der Waals surface area (Å²) in [4.78, 5) is 11.1. The van der Waals surface area contributed by atoms with Gasteiger partial charge in [-0.2, -0.15) is 0 Å². The van der Waals surface area contributed by atoms with Gasteiger partial charge < -0.3 is 29.2 Å². The molecule has 4 rings (SSSR count). The lowest BCUT2D eigenvalue weighted by atomic mass is 9.72. The normalized spacial score (nSPS) is 38.4. The van der Waals surface area contributed by atoms with Crippen molar-refractivity contribution in [1.29, 1.82) is 0 Å². The molecule has 0 spiro atoms. The predicted molar refractivity (Wildman–Crippen MR) is 81.9 cm³/mol. The number of nitro groups is 1. The van der Waals surface area contributed by atoms with Crippen molar-refractivity contribution in [1.82, 2.24) is 0 Å². The van der Waals surface area contributed by atoms with Crippen molar-refractivity contribution in [3.05, 3.63) is 33.9 Å². The molecule has 1 aliphatic carbocycles. The Morgan fingerprint density at radius 2 is 1.80 bits per heavy atom. The monoisotopic (exact) mass is 353 g/mol. The van der Waals surface area contributed by atoms with Crippen LogP contribution in [0.2, 0.25) is 0 Å². The van der Waals surface area contributed by atoms with Gasteiger partial charge in [-0.15, -0.1) is 0 Å². The second-order valence-corrected chi connectivity index (χ2v) is 6.96. The van der Waals surface area contributed by atoms with Crippen molar-refractivity contribution in [2.75, 3.05) is 6.79 Å². The molecule has 1 aromatic rings. The van der Waals surface area contributed by atoms with Gasteiger partial charge in [0.15, 0.2) is 23.4 Å². The molecule has 6 atom stereocenters. The minimum atomic E-state index is -1.47. The Kier molecular flexibility index (Phi) is 3.66. The molecule has 0 aromatic heterocycles. The molecule has 2 heterocycles. The molecule has 25 heavy (non-hydrogen) atoms. The van der Waals surface area contributed by atoms with Gasteiger partial charge in [-0.25, -0.2) is 0 Å². The zero-order chi connectivity index (χ0) is 17.9. The predicted octanol–water partition coefficient (Wildman–Crippen LogP) is 0.400.